The third-order valence-corrected chi connectivity index (χ3v) is 2.90. The Labute approximate surface area is 97.8 Å². The molecule has 1 aromatic rings. The molecule has 1 heterocycles. The highest BCUT2D eigenvalue weighted by atomic mass is 35.5. The standard InChI is InChI=1S/C11H12ClF2NO/c12-8-4-3-5-9(10(8)16-11(13)14)15-6-1-2-7-15/h3-5,11H,1-2,6-7H2. The Hall–Kier alpha value is -1.03. The Morgan fingerprint density at radius 1 is 1.25 bits per heavy atom. The first-order valence-electron chi connectivity index (χ1n) is 5.17. The first kappa shape index (κ1) is 11.5. The van der Waals surface area contributed by atoms with E-state index in [-0.39, 0.29) is 10.8 Å². The Balaban J connectivity index is 2.31. The summed E-state index contributed by atoms with van der Waals surface area (Å²) in [5.41, 5.74) is 0.658. The molecule has 0 saturated carbocycles. The van der Waals surface area contributed by atoms with Gasteiger partial charge >= 0.3 is 6.61 Å². The fourth-order valence-corrected chi connectivity index (χ4v) is 2.12. The van der Waals surface area contributed by atoms with E-state index in [2.05, 4.69) is 4.74 Å². The predicted octanol–water partition coefficient (Wildman–Crippen LogP) is 3.54. The predicted molar refractivity (Wildman–Crippen MR) is 59.5 cm³/mol. The molecule has 88 valence electrons. The van der Waals surface area contributed by atoms with Gasteiger partial charge in [-0.15, -0.1) is 0 Å². The molecular weight excluding hydrogens is 236 g/mol. The highest BCUT2D eigenvalue weighted by Crippen LogP contribution is 2.37. The van der Waals surface area contributed by atoms with Crippen LogP contribution in [0.2, 0.25) is 5.02 Å². The van der Waals surface area contributed by atoms with E-state index < -0.39 is 6.61 Å². The molecule has 0 aromatic heterocycles. The van der Waals surface area contributed by atoms with E-state index in [4.69, 9.17) is 11.6 Å². The van der Waals surface area contributed by atoms with Gasteiger partial charge < -0.3 is 9.64 Å². The van der Waals surface area contributed by atoms with Crippen molar-refractivity contribution < 1.29 is 13.5 Å². The maximum absolute atomic E-state index is 12.3. The van der Waals surface area contributed by atoms with E-state index in [0.29, 0.717) is 5.69 Å². The van der Waals surface area contributed by atoms with Gasteiger partial charge in [-0.05, 0) is 25.0 Å². The van der Waals surface area contributed by atoms with E-state index in [0.717, 1.165) is 25.9 Å². The zero-order chi connectivity index (χ0) is 11.5. The quantitative estimate of drug-likeness (QED) is 0.810. The summed E-state index contributed by atoms with van der Waals surface area (Å²) in [6, 6.07) is 5.06. The lowest BCUT2D eigenvalue weighted by Crippen LogP contribution is -2.19. The van der Waals surface area contributed by atoms with Crippen LogP contribution in [0.25, 0.3) is 0 Å². The number of benzene rings is 1. The van der Waals surface area contributed by atoms with E-state index in [9.17, 15) is 8.78 Å². The second-order valence-corrected chi connectivity index (χ2v) is 4.07. The molecule has 1 saturated heterocycles. The van der Waals surface area contributed by atoms with Crippen LogP contribution in [0.5, 0.6) is 5.75 Å². The average Bonchev–Trinajstić information content (AvgIpc) is 2.73. The van der Waals surface area contributed by atoms with Crippen LogP contribution in [0.15, 0.2) is 18.2 Å². The minimum Gasteiger partial charge on any atom is -0.431 e. The monoisotopic (exact) mass is 247 g/mol. The summed E-state index contributed by atoms with van der Waals surface area (Å²) >= 11 is 5.87. The third-order valence-electron chi connectivity index (χ3n) is 2.60. The summed E-state index contributed by atoms with van der Waals surface area (Å²) < 4.78 is 29.0. The molecular formula is C11H12ClF2NO. The Kier molecular flexibility index (Phi) is 3.49. The first-order chi connectivity index (χ1) is 7.68. The Bertz CT molecular complexity index is 367. The van der Waals surface area contributed by atoms with Crippen LogP contribution in [0.3, 0.4) is 0 Å². The van der Waals surface area contributed by atoms with Crippen LogP contribution in [-0.4, -0.2) is 19.7 Å². The van der Waals surface area contributed by atoms with Gasteiger partial charge in [0.2, 0.25) is 0 Å². The zero-order valence-corrected chi connectivity index (χ0v) is 9.38. The van der Waals surface area contributed by atoms with Crippen LogP contribution in [-0.2, 0) is 0 Å². The molecule has 0 amide bonds. The van der Waals surface area contributed by atoms with Crippen LogP contribution in [0.1, 0.15) is 12.8 Å². The lowest BCUT2D eigenvalue weighted by atomic mass is 10.2. The molecule has 1 fully saturated rings. The SMILES string of the molecule is FC(F)Oc1c(Cl)cccc1N1CCCC1. The van der Waals surface area contributed by atoms with E-state index >= 15 is 0 Å². The van der Waals surface area contributed by atoms with Crippen molar-refractivity contribution in [2.45, 2.75) is 19.5 Å². The summed E-state index contributed by atoms with van der Waals surface area (Å²) in [6.45, 7) is -1.12. The fourth-order valence-electron chi connectivity index (χ4n) is 1.91. The van der Waals surface area contributed by atoms with Crippen LogP contribution in [0, 0.1) is 0 Å². The zero-order valence-electron chi connectivity index (χ0n) is 8.63. The normalized spacial score (nSPS) is 15.9. The number of hydrogen-bond donors (Lipinski definition) is 0. The summed E-state index contributed by atoms with van der Waals surface area (Å²) in [5, 5.41) is 0.227. The van der Waals surface area contributed by atoms with Gasteiger partial charge in [0.1, 0.15) is 0 Å². The van der Waals surface area contributed by atoms with Crippen LogP contribution >= 0.6 is 11.6 Å². The van der Waals surface area contributed by atoms with Gasteiger partial charge in [0.15, 0.2) is 5.75 Å². The van der Waals surface area contributed by atoms with E-state index in [1.807, 2.05) is 4.90 Å². The molecule has 0 radical (unpaired) electrons. The van der Waals surface area contributed by atoms with Gasteiger partial charge in [-0.2, -0.15) is 8.78 Å². The number of para-hydroxylation sites is 1. The molecule has 0 aliphatic carbocycles. The van der Waals surface area contributed by atoms with Crippen molar-refractivity contribution in [2.24, 2.45) is 0 Å². The lowest BCUT2D eigenvalue weighted by Gasteiger charge is -2.21. The number of nitrogens with zero attached hydrogens (tertiary/aromatic N) is 1. The van der Waals surface area contributed by atoms with Crippen molar-refractivity contribution in [1.82, 2.24) is 0 Å². The summed E-state index contributed by atoms with van der Waals surface area (Å²) in [7, 11) is 0. The van der Waals surface area contributed by atoms with Gasteiger partial charge in [-0.3, -0.25) is 0 Å². The van der Waals surface area contributed by atoms with Gasteiger partial charge in [-0.1, -0.05) is 17.7 Å². The summed E-state index contributed by atoms with van der Waals surface area (Å²) in [6.07, 6.45) is 2.14. The van der Waals surface area contributed by atoms with Crippen molar-refractivity contribution in [1.29, 1.82) is 0 Å². The van der Waals surface area contributed by atoms with Gasteiger partial charge in [-0.25, -0.2) is 0 Å². The highest BCUT2D eigenvalue weighted by molar-refractivity contribution is 6.32. The van der Waals surface area contributed by atoms with Crippen molar-refractivity contribution in [2.75, 3.05) is 18.0 Å². The van der Waals surface area contributed by atoms with Gasteiger partial charge in [0, 0.05) is 13.1 Å². The van der Waals surface area contributed by atoms with Crippen molar-refractivity contribution in [3.8, 4) is 5.75 Å². The number of hydrogen-bond acceptors (Lipinski definition) is 2. The molecule has 2 rings (SSSR count). The minimum absolute atomic E-state index is 0.0843. The Morgan fingerprint density at radius 3 is 2.56 bits per heavy atom. The van der Waals surface area contributed by atoms with E-state index in [1.54, 1.807) is 18.2 Å². The number of halogens is 3. The molecule has 0 spiro atoms. The summed E-state index contributed by atoms with van der Waals surface area (Å²) in [4.78, 5) is 2.02. The number of anilines is 1. The summed E-state index contributed by atoms with van der Waals surface area (Å²) in [5.74, 6) is 0.0843. The smallest absolute Gasteiger partial charge is 0.387 e. The topological polar surface area (TPSA) is 12.5 Å². The largest absolute Gasteiger partial charge is 0.431 e. The second kappa shape index (κ2) is 4.87. The Morgan fingerprint density at radius 2 is 1.94 bits per heavy atom. The van der Waals surface area contributed by atoms with Crippen molar-refractivity contribution in [3.05, 3.63) is 23.2 Å². The van der Waals surface area contributed by atoms with Gasteiger partial charge in [0.25, 0.3) is 0 Å². The molecule has 16 heavy (non-hydrogen) atoms. The molecule has 1 aromatic carbocycles. The van der Waals surface area contributed by atoms with E-state index in [1.165, 1.54) is 0 Å². The van der Waals surface area contributed by atoms with Crippen LogP contribution in [0.4, 0.5) is 14.5 Å². The molecule has 0 atom stereocenters. The number of ether oxygens (including phenoxy) is 1. The average molecular weight is 248 g/mol. The van der Waals surface area contributed by atoms with Crippen molar-refractivity contribution in [3.63, 3.8) is 0 Å². The molecule has 1 aliphatic heterocycles. The van der Waals surface area contributed by atoms with Gasteiger partial charge in [0.05, 0.1) is 10.7 Å². The van der Waals surface area contributed by atoms with Crippen molar-refractivity contribution >= 4 is 17.3 Å². The molecule has 0 bridgehead atoms. The molecule has 1 aliphatic rings. The molecule has 0 N–H and O–H groups in total. The lowest BCUT2D eigenvalue weighted by molar-refractivity contribution is -0.0494. The van der Waals surface area contributed by atoms with Crippen LogP contribution < -0.4 is 9.64 Å². The number of rotatable bonds is 3. The maximum atomic E-state index is 12.3. The second-order valence-electron chi connectivity index (χ2n) is 3.66. The highest BCUT2D eigenvalue weighted by Gasteiger charge is 2.20. The minimum atomic E-state index is -2.85. The molecule has 5 heteroatoms. The maximum Gasteiger partial charge on any atom is 0.387 e. The molecule has 2 nitrogen and oxygen atoms in total. The molecule has 0 unspecified atom stereocenters. The number of alkyl halides is 2. The fraction of sp³-hybridized carbons (Fsp3) is 0.455. The third kappa shape index (κ3) is 2.38. The first-order valence-corrected chi connectivity index (χ1v) is 5.54.